The number of nitrogens with zero attached hydrogens (tertiary/aromatic N) is 1. The summed E-state index contributed by atoms with van der Waals surface area (Å²) in [7, 11) is 1.64. The number of ether oxygens (including phenoxy) is 1. The summed E-state index contributed by atoms with van der Waals surface area (Å²) < 4.78 is 5.09. The second-order valence-corrected chi connectivity index (χ2v) is 4.21. The summed E-state index contributed by atoms with van der Waals surface area (Å²) in [6, 6.07) is 9.63. The van der Waals surface area contributed by atoms with Crippen LogP contribution in [-0.4, -0.2) is 29.8 Å². The predicted molar refractivity (Wildman–Crippen MR) is 72.0 cm³/mol. The summed E-state index contributed by atoms with van der Waals surface area (Å²) in [5, 5.41) is 9.45. The van der Waals surface area contributed by atoms with Crippen molar-refractivity contribution in [3.8, 4) is 5.75 Å². The monoisotopic (exact) mass is 259 g/mol. The Morgan fingerprint density at radius 2 is 2.11 bits per heavy atom. The van der Waals surface area contributed by atoms with E-state index in [2.05, 4.69) is 15.5 Å². The average molecular weight is 259 g/mol. The second-order valence-electron chi connectivity index (χ2n) is 4.21. The molecule has 0 bridgehead atoms. The van der Waals surface area contributed by atoms with Crippen molar-refractivity contribution < 1.29 is 9.53 Å². The maximum Gasteiger partial charge on any atom is 0.226 e. The normalized spacial score (nSPS) is 10.2. The van der Waals surface area contributed by atoms with Crippen LogP contribution in [0.5, 0.6) is 5.75 Å². The molecule has 0 atom stereocenters. The molecule has 2 N–H and O–H groups in total. The van der Waals surface area contributed by atoms with Gasteiger partial charge in [-0.15, -0.1) is 0 Å². The molecule has 1 amide bonds. The predicted octanol–water partition coefficient (Wildman–Crippen LogP) is 1.32. The number of hydrogen-bond donors (Lipinski definition) is 2. The van der Waals surface area contributed by atoms with Gasteiger partial charge in [0.05, 0.1) is 13.5 Å². The summed E-state index contributed by atoms with van der Waals surface area (Å²) in [5.74, 6) is 0.838. The fourth-order valence-electron chi connectivity index (χ4n) is 1.76. The number of rotatable bonds is 6. The molecule has 0 aliphatic rings. The third-order valence-electron chi connectivity index (χ3n) is 2.80. The zero-order valence-corrected chi connectivity index (χ0v) is 10.8. The fourth-order valence-corrected chi connectivity index (χ4v) is 1.76. The van der Waals surface area contributed by atoms with Gasteiger partial charge < -0.3 is 10.1 Å². The molecule has 0 spiro atoms. The SMILES string of the molecule is COc1ccc(CCNC(=O)Cc2ccn[nH]2)cc1. The lowest BCUT2D eigenvalue weighted by atomic mass is 10.1. The van der Waals surface area contributed by atoms with E-state index < -0.39 is 0 Å². The van der Waals surface area contributed by atoms with E-state index in [9.17, 15) is 4.79 Å². The van der Waals surface area contributed by atoms with E-state index in [0.29, 0.717) is 13.0 Å². The highest BCUT2D eigenvalue weighted by molar-refractivity contribution is 5.78. The first-order valence-electron chi connectivity index (χ1n) is 6.16. The molecule has 2 rings (SSSR count). The van der Waals surface area contributed by atoms with E-state index >= 15 is 0 Å². The van der Waals surface area contributed by atoms with Crippen LogP contribution in [0.25, 0.3) is 0 Å². The minimum atomic E-state index is -0.00207. The van der Waals surface area contributed by atoms with E-state index in [1.807, 2.05) is 24.3 Å². The first kappa shape index (κ1) is 13.1. The molecule has 1 aromatic heterocycles. The first-order chi connectivity index (χ1) is 9.28. The maximum absolute atomic E-state index is 11.6. The van der Waals surface area contributed by atoms with Gasteiger partial charge in [-0.3, -0.25) is 9.89 Å². The zero-order valence-electron chi connectivity index (χ0n) is 10.8. The number of benzene rings is 1. The van der Waals surface area contributed by atoms with Crippen LogP contribution in [0.2, 0.25) is 0 Å². The molecular weight excluding hydrogens is 242 g/mol. The Morgan fingerprint density at radius 3 is 2.74 bits per heavy atom. The van der Waals surface area contributed by atoms with Crippen molar-refractivity contribution in [2.75, 3.05) is 13.7 Å². The molecule has 0 aliphatic carbocycles. The molecule has 0 fully saturated rings. The van der Waals surface area contributed by atoms with Crippen molar-refractivity contribution in [2.24, 2.45) is 0 Å². The number of carbonyl (C=O) groups excluding carboxylic acids is 1. The van der Waals surface area contributed by atoms with Crippen LogP contribution in [-0.2, 0) is 17.6 Å². The standard InChI is InChI=1S/C14H17N3O2/c1-19-13-4-2-11(3-5-13)6-8-15-14(18)10-12-7-9-16-17-12/h2-5,7,9H,6,8,10H2,1H3,(H,15,18)(H,16,17). The number of methoxy groups -OCH3 is 1. The summed E-state index contributed by atoms with van der Waals surface area (Å²) in [6.45, 7) is 0.624. The molecule has 19 heavy (non-hydrogen) atoms. The lowest BCUT2D eigenvalue weighted by Gasteiger charge is -2.05. The van der Waals surface area contributed by atoms with Crippen LogP contribution in [0.4, 0.5) is 0 Å². The lowest BCUT2D eigenvalue weighted by molar-refractivity contribution is -0.120. The quantitative estimate of drug-likeness (QED) is 0.822. The van der Waals surface area contributed by atoms with E-state index in [0.717, 1.165) is 17.9 Å². The van der Waals surface area contributed by atoms with Crippen LogP contribution in [0.3, 0.4) is 0 Å². The zero-order chi connectivity index (χ0) is 13.5. The highest BCUT2D eigenvalue weighted by Crippen LogP contribution is 2.11. The number of hydrogen-bond acceptors (Lipinski definition) is 3. The number of carbonyl (C=O) groups is 1. The van der Waals surface area contributed by atoms with Crippen molar-refractivity contribution in [2.45, 2.75) is 12.8 Å². The third-order valence-corrected chi connectivity index (χ3v) is 2.80. The molecular formula is C14H17N3O2. The Morgan fingerprint density at radius 1 is 1.32 bits per heavy atom. The van der Waals surface area contributed by atoms with Crippen molar-refractivity contribution in [3.05, 3.63) is 47.8 Å². The number of nitrogens with one attached hydrogen (secondary N) is 2. The molecule has 0 saturated carbocycles. The summed E-state index contributed by atoms with van der Waals surface area (Å²) in [6.07, 6.45) is 2.78. The Balaban J connectivity index is 1.72. The van der Waals surface area contributed by atoms with Gasteiger partial charge in [0.15, 0.2) is 0 Å². The Hall–Kier alpha value is -2.30. The Kier molecular flexibility index (Phi) is 4.55. The van der Waals surface area contributed by atoms with Gasteiger partial charge in [-0.2, -0.15) is 5.10 Å². The Labute approximate surface area is 112 Å². The molecule has 100 valence electrons. The molecule has 5 nitrogen and oxygen atoms in total. The largest absolute Gasteiger partial charge is 0.497 e. The molecule has 5 heteroatoms. The van der Waals surface area contributed by atoms with E-state index in [1.165, 1.54) is 5.56 Å². The van der Waals surface area contributed by atoms with Gasteiger partial charge in [-0.05, 0) is 30.2 Å². The van der Waals surface area contributed by atoms with Crippen LogP contribution in [0.1, 0.15) is 11.3 Å². The van der Waals surface area contributed by atoms with Crippen LogP contribution >= 0.6 is 0 Å². The molecule has 1 aromatic carbocycles. The van der Waals surface area contributed by atoms with Gasteiger partial charge in [0, 0.05) is 18.4 Å². The maximum atomic E-state index is 11.6. The number of aromatic nitrogens is 2. The first-order valence-corrected chi connectivity index (χ1v) is 6.16. The topological polar surface area (TPSA) is 67.0 Å². The van der Waals surface area contributed by atoms with Crippen LogP contribution in [0.15, 0.2) is 36.5 Å². The van der Waals surface area contributed by atoms with E-state index in [-0.39, 0.29) is 5.91 Å². The third kappa shape index (κ3) is 4.13. The summed E-state index contributed by atoms with van der Waals surface area (Å²) in [5.41, 5.74) is 1.99. The Bertz CT molecular complexity index is 506. The van der Waals surface area contributed by atoms with Crippen molar-refractivity contribution in [1.29, 1.82) is 0 Å². The highest BCUT2D eigenvalue weighted by atomic mass is 16.5. The van der Waals surface area contributed by atoms with E-state index in [1.54, 1.807) is 19.4 Å². The second kappa shape index (κ2) is 6.58. The molecule has 1 heterocycles. The van der Waals surface area contributed by atoms with Gasteiger partial charge >= 0.3 is 0 Å². The minimum Gasteiger partial charge on any atom is -0.497 e. The summed E-state index contributed by atoms with van der Waals surface area (Å²) in [4.78, 5) is 11.6. The minimum absolute atomic E-state index is 0.00207. The van der Waals surface area contributed by atoms with Crippen molar-refractivity contribution in [3.63, 3.8) is 0 Å². The molecule has 0 radical (unpaired) electrons. The number of H-pyrrole nitrogens is 1. The molecule has 2 aromatic rings. The number of aromatic amines is 1. The molecule has 0 unspecified atom stereocenters. The van der Waals surface area contributed by atoms with Crippen LogP contribution < -0.4 is 10.1 Å². The van der Waals surface area contributed by atoms with Gasteiger partial charge in [0.25, 0.3) is 0 Å². The van der Waals surface area contributed by atoms with Crippen molar-refractivity contribution >= 4 is 5.91 Å². The van der Waals surface area contributed by atoms with Crippen LogP contribution in [0, 0.1) is 0 Å². The van der Waals surface area contributed by atoms with Crippen molar-refractivity contribution in [1.82, 2.24) is 15.5 Å². The molecule has 0 saturated heterocycles. The molecule has 0 aliphatic heterocycles. The highest BCUT2D eigenvalue weighted by Gasteiger charge is 2.03. The lowest BCUT2D eigenvalue weighted by Crippen LogP contribution is -2.27. The smallest absolute Gasteiger partial charge is 0.226 e. The van der Waals surface area contributed by atoms with Gasteiger partial charge in [-0.1, -0.05) is 12.1 Å². The average Bonchev–Trinajstić information content (AvgIpc) is 2.92. The summed E-state index contributed by atoms with van der Waals surface area (Å²) >= 11 is 0. The van der Waals surface area contributed by atoms with Gasteiger partial charge in [0.2, 0.25) is 5.91 Å². The van der Waals surface area contributed by atoms with Gasteiger partial charge in [0.1, 0.15) is 5.75 Å². The van der Waals surface area contributed by atoms with E-state index in [4.69, 9.17) is 4.74 Å². The number of amides is 1. The fraction of sp³-hybridized carbons (Fsp3) is 0.286. The van der Waals surface area contributed by atoms with Gasteiger partial charge in [-0.25, -0.2) is 0 Å².